The lowest BCUT2D eigenvalue weighted by molar-refractivity contribution is 0.635. The summed E-state index contributed by atoms with van der Waals surface area (Å²) < 4.78 is 0. The molecule has 108 valence electrons. The number of aromatic nitrogens is 1. The minimum absolute atomic E-state index is 0.577. The molecule has 0 unspecified atom stereocenters. The summed E-state index contributed by atoms with van der Waals surface area (Å²) in [6.07, 6.45) is 2.69. The number of hydrogen-bond donors (Lipinski definition) is 1. The third kappa shape index (κ3) is 4.28. The van der Waals surface area contributed by atoms with Crippen molar-refractivity contribution in [2.75, 3.05) is 5.73 Å². The second-order valence-electron chi connectivity index (χ2n) is 5.45. The Morgan fingerprint density at radius 1 is 1.24 bits per heavy atom. The predicted molar refractivity (Wildman–Crippen MR) is 90.3 cm³/mol. The van der Waals surface area contributed by atoms with Gasteiger partial charge in [-0.3, -0.25) is 9.98 Å². The number of para-hydroxylation sites is 1. The van der Waals surface area contributed by atoms with Gasteiger partial charge in [-0.25, -0.2) is 0 Å². The zero-order valence-corrected chi connectivity index (χ0v) is 12.6. The van der Waals surface area contributed by atoms with Crippen LogP contribution in [0.5, 0.6) is 0 Å². The normalized spacial score (nSPS) is 11.2. The molecule has 0 saturated carbocycles. The molecule has 0 spiro atoms. The van der Waals surface area contributed by atoms with Gasteiger partial charge in [0, 0.05) is 23.2 Å². The SMILES string of the molecule is C=C(/N=C\c1ccccc1N)c1cccc(CC(C)C)n1. The number of pyridine rings is 1. The van der Waals surface area contributed by atoms with Crippen molar-refractivity contribution in [3.05, 3.63) is 66.0 Å². The standard InChI is InChI=1S/C18H21N3/c1-13(2)11-16-8-6-10-18(21-16)14(3)20-12-15-7-4-5-9-17(15)19/h4-10,12-13H,3,11,19H2,1-2H3/b20-12-. The molecule has 0 amide bonds. The van der Waals surface area contributed by atoms with Gasteiger partial charge in [0.05, 0.1) is 11.4 Å². The summed E-state index contributed by atoms with van der Waals surface area (Å²) in [4.78, 5) is 8.99. The summed E-state index contributed by atoms with van der Waals surface area (Å²) >= 11 is 0. The Bertz CT molecular complexity index is 657. The van der Waals surface area contributed by atoms with E-state index in [2.05, 4.69) is 30.4 Å². The largest absolute Gasteiger partial charge is 0.398 e. The highest BCUT2D eigenvalue weighted by atomic mass is 14.8. The van der Waals surface area contributed by atoms with Crippen molar-refractivity contribution in [2.24, 2.45) is 10.9 Å². The fraction of sp³-hybridized carbons (Fsp3) is 0.222. The van der Waals surface area contributed by atoms with Gasteiger partial charge < -0.3 is 5.73 Å². The summed E-state index contributed by atoms with van der Waals surface area (Å²) in [5.41, 5.74) is 9.99. The first-order valence-electron chi connectivity index (χ1n) is 7.10. The zero-order valence-electron chi connectivity index (χ0n) is 12.6. The lowest BCUT2D eigenvalue weighted by atomic mass is 10.1. The van der Waals surface area contributed by atoms with E-state index >= 15 is 0 Å². The van der Waals surface area contributed by atoms with Crippen LogP contribution in [0.25, 0.3) is 5.70 Å². The first-order chi connectivity index (χ1) is 10.1. The molecule has 0 saturated heterocycles. The van der Waals surface area contributed by atoms with Crippen LogP contribution in [0.3, 0.4) is 0 Å². The zero-order chi connectivity index (χ0) is 15.2. The second-order valence-corrected chi connectivity index (χ2v) is 5.45. The van der Waals surface area contributed by atoms with Crippen LogP contribution in [-0.4, -0.2) is 11.2 Å². The van der Waals surface area contributed by atoms with Crippen LogP contribution in [0.4, 0.5) is 5.69 Å². The Morgan fingerprint density at radius 3 is 2.71 bits per heavy atom. The highest BCUT2D eigenvalue weighted by Gasteiger charge is 2.03. The van der Waals surface area contributed by atoms with Crippen LogP contribution < -0.4 is 5.73 Å². The molecule has 1 aromatic heterocycles. The average Bonchev–Trinajstić information content (AvgIpc) is 2.45. The Kier molecular flexibility index (Phi) is 4.88. The molecule has 0 aliphatic rings. The molecule has 0 fully saturated rings. The third-order valence-electron chi connectivity index (χ3n) is 3.08. The number of nitrogen functional groups attached to an aromatic ring is 1. The summed E-state index contributed by atoms with van der Waals surface area (Å²) in [6.45, 7) is 8.35. The van der Waals surface area contributed by atoms with E-state index in [1.54, 1.807) is 6.21 Å². The maximum absolute atomic E-state index is 5.89. The van der Waals surface area contributed by atoms with Crippen molar-refractivity contribution in [1.82, 2.24) is 4.98 Å². The molecule has 0 radical (unpaired) electrons. The van der Waals surface area contributed by atoms with E-state index in [9.17, 15) is 0 Å². The number of rotatable bonds is 5. The highest BCUT2D eigenvalue weighted by Crippen LogP contribution is 2.15. The van der Waals surface area contributed by atoms with Gasteiger partial charge in [0.25, 0.3) is 0 Å². The molecule has 2 N–H and O–H groups in total. The minimum Gasteiger partial charge on any atom is -0.398 e. The number of aliphatic imine (C=N–C) groups is 1. The molecule has 0 aliphatic heterocycles. The first-order valence-corrected chi connectivity index (χ1v) is 7.10. The maximum atomic E-state index is 5.89. The summed E-state index contributed by atoms with van der Waals surface area (Å²) in [7, 11) is 0. The molecule has 2 rings (SSSR count). The number of nitrogens with two attached hydrogens (primary N) is 1. The van der Waals surface area contributed by atoms with Crippen molar-refractivity contribution in [3.8, 4) is 0 Å². The number of anilines is 1. The van der Waals surface area contributed by atoms with Crippen molar-refractivity contribution >= 4 is 17.6 Å². The molecule has 1 heterocycles. The quantitative estimate of drug-likeness (QED) is 0.665. The molecule has 2 aromatic rings. The highest BCUT2D eigenvalue weighted by molar-refractivity contribution is 5.89. The van der Waals surface area contributed by atoms with Gasteiger partial charge in [0.2, 0.25) is 0 Å². The molecule has 3 heteroatoms. The predicted octanol–water partition coefficient (Wildman–Crippen LogP) is 3.95. The smallest absolute Gasteiger partial charge is 0.0883 e. The average molecular weight is 279 g/mol. The maximum Gasteiger partial charge on any atom is 0.0883 e. The van der Waals surface area contributed by atoms with Gasteiger partial charge >= 0.3 is 0 Å². The van der Waals surface area contributed by atoms with Gasteiger partial charge in [-0.1, -0.05) is 44.7 Å². The Balaban J connectivity index is 2.15. The minimum atomic E-state index is 0.577. The lowest BCUT2D eigenvalue weighted by Gasteiger charge is -2.06. The molecule has 1 aromatic carbocycles. The van der Waals surface area contributed by atoms with E-state index in [-0.39, 0.29) is 0 Å². The Hall–Kier alpha value is -2.42. The van der Waals surface area contributed by atoms with E-state index in [0.29, 0.717) is 17.3 Å². The molecule has 0 aliphatic carbocycles. The van der Waals surface area contributed by atoms with Gasteiger partial charge in [0.1, 0.15) is 0 Å². The van der Waals surface area contributed by atoms with Gasteiger partial charge in [-0.2, -0.15) is 0 Å². The number of hydrogen-bond acceptors (Lipinski definition) is 3. The van der Waals surface area contributed by atoms with Gasteiger partial charge in [-0.15, -0.1) is 0 Å². The summed E-state index contributed by atoms with van der Waals surface area (Å²) in [5, 5.41) is 0. The first kappa shape index (κ1) is 15.0. The fourth-order valence-electron chi connectivity index (χ4n) is 2.01. The summed E-state index contributed by atoms with van der Waals surface area (Å²) in [5.74, 6) is 0.577. The lowest BCUT2D eigenvalue weighted by Crippen LogP contribution is -1.99. The Labute approximate surface area is 126 Å². The van der Waals surface area contributed by atoms with Crippen LogP contribution >= 0.6 is 0 Å². The van der Waals surface area contributed by atoms with Crippen molar-refractivity contribution < 1.29 is 0 Å². The van der Waals surface area contributed by atoms with Crippen LogP contribution in [0.15, 0.2) is 54.0 Å². The molecule has 0 atom stereocenters. The third-order valence-corrected chi connectivity index (χ3v) is 3.08. The van der Waals surface area contributed by atoms with E-state index < -0.39 is 0 Å². The molecule has 0 bridgehead atoms. The van der Waals surface area contributed by atoms with Crippen molar-refractivity contribution in [3.63, 3.8) is 0 Å². The van der Waals surface area contributed by atoms with E-state index in [1.807, 2.05) is 42.5 Å². The molecular weight excluding hydrogens is 258 g/mol. The van der Waals surface area contributed by atoms with E-state index in [4.69, 9.17) is 5.73 Å². The second kappa shape index (κ2) is 6.84. The topological polar surface area (TPSA) is 51.3 Å². The number of benzene rings is 1. The van der Waals surface area contributed by atoms with E-state index in [1.165, 1.54) is 0 Å². The van der Waals surface area contributed by atoms with Gasteiger partial charge in [0.15, 0.2) is 0 Å². The molecule has 21 heavy (non-hydrogen) atoms. The van der Waals surface area contributed by atoms with Crippen molar-refractivity contribution in [2.45, 2.75) is 20.3 Å². The van der Waals surface area contributed by atoms with E-state index in [0.717, 1.165) is 23.4 Å². The van der Waals surface area contributed by atoms with Gasteiger partial charge in [-0.05, 0) is 30.5 Å². The van der Waals surface area contributed by atoms with Crippen LogP contribution in [0.1, 0.15) is 30.8 Å². The number of nitrogens with zero attached hydrogens (tertiary/aromatic N) is 2. The van der Waals surface area contributed by atoms with Crippen molar-refractivity contribution in [1.29, 1.82) is 0 Å². The van der Waals surface area contributed by atoms with Crippen LogP contribution in [-0.2, 0) is 6.42 Å². The van der Waals surface area contributed by atoms with Crippen LogP contribution in [0.2, 0.25) is 0 Å². The van der Waals surface area contributed by atoms with Crippen LogP contribution in [0, 0.1) is 5.92 Å². The summed E-state index contributed by atoms with van der Waals surface area (Å²) in [6, 6.07) is 13.6. The fourth-order valence-corrected chi connectivity index (χ4v) is 2.01. The Morgan fingerprint density at radius 2 is 2.00 bits per heavy atom. The monoisotopic (exact) mass is 279 g/mol. The molecular formula is C18H21N3. The molecule has 3 nitrogen and oxygen atoms in total.